The molecule has 0 radical (unpaired) electrons. The minimum Gasteiger partial charge on any atom is -0.459 e. The molecule has 43 heavy (non-hydrogen) atoms. The molecule has 2 aromatic rings. The molecule has 0 spiro atoms. The Hall–Kier alpha value is -3.04. The maximum atomic E-state index is 14.0. The van der Waals surface area contributed by atoms with Gasteiger partial charge in [-0.1, -0.05) is 55.3 Å². The van der Waals surface area contributed by atoms with Gasteiger partial charge in [0.15, 0.2) is 0 Å². The Morgan fingerprint density at radius 3 is 2.40 bits per heavy atom. The number of hydrogen-bond acceptors (Lipinski definition) is 7. The maximum absolute atomic E-state index is 14.0. The fourth-order valence-corrected chi connectivity index (χ4v) is 7.40. The number of nitrogens with zero attached hydrogens (tertiary/aromatic N) is 2. The summed E-state index contributed by atoms with van der Waals surface area (Å²) in [4.78, 5) is 31.7. The van der Waals surface area contributed by atoms with Gasteiger partial charge in [0, 0.05) is 31.6 Å². The van der Waals surface area contributed by atoms with E-state index in [4.69, 9.17) is 4.42 Å². The molecule has 2 saturated heterocycles. The van der Waals surface area contributed by atoms with Crippen LogP contribution in [0, 0.1) is 23.7 Å². The predicted octanol–water partition coefficient (Wildman–Crippen LogP) is 4.55. The molecule has 0 bridgehead atoms. The normalized spacial score (nSPS) is 24.8. The zero-order valence-corrected chi connectivity index (χ0v) is 25.6. The number of rotatable bonds is 11. The Morgan fingerprint density at radius 2 is 1.77 bits per heavy atom. The molecule has 3 aliphatic rings. The molecule has 3 heterocycles. The van der Waals surface area contributed by atoms with E-state index in [1.807, 2.05) is 31.2 Å². The highest BCUT2D eigenvalue weighted by Gasteiger charge is 2.56. The average molecular weight is 591 g/mol. The minimum atomic E-state index is -0.832. The molecule has 2 fully saturated rings. The number of imide groups is 1. The van der Waals surface area contributed by atoms with E-state index < -0.39 is 23.9 Å². The second-order valence-corrected chi connectivity index (χ2v) is 12.8. The molecule has 4 atom stereocenters. The monoisotopic (exact) mass is 590 g/mol. The van der Waals surface area contributed by atoms with Crippen molar-refractivity contribution in [1.82, 2.24) is 9.80 Å². The van der Waals surface area contributed by atoms with Crippen molar-refractivity contribution in [3.8, 4) is 0 Å². The van der Waals surface area contributed by atoms with Crippen molar-refractivity contribution in [3.05, 3.63) is 76.3 Å². The van der Waals surface area contributed by atoms with Crippen LogP contribution in [0.25, 0.3) is 6.08 Å². The van der Waals surface area contributed by atoms with Gasteiger partial charge in [0.25, 0.3) is 0 Å². The van der Waals surface area contributed by atoms with Crippen molar-refractivity contribution in [1.29, 1.82) is 0 Å². The third kappa shape index (κ3) is 6.73. The molecule has 8 nitrogen and oxygen atoms in total. The Balaban J connectivity index is 1.28. The number of likely N-dealkylation sites (tertiary alicyclic amines) is 2. The van der Waals surface area contributed by atoms with Gasteiger partial charge in [0.1, 0.15) is 18.1 Å². The van der Waals surface area contributed by atoms with Crippen LogP contribution < -0.4 is 0 Å². The maximum Gasteiger partial charge on any atom is 0.234 e. The molecule has 0 saturated carbocycles. The number of piperidine rings is 1. The molecule has 0 unspecified atom stereocenters. The van der Waals surface area contributed by atoms with Crippen molar-refractivity contribution in [2.24, 2.45) is 23.7 Å². The van der Waals surface area contributed by atoms with Gasteiger partial charge in [-0.05, 0) is 74.3 Å². The van der Waals surface area contributed by atoms with E-state index in [1.54, 1.807) is 12.1 Å². The molecule has 1 aliphatic carbocycles. The summed E-state index contributed by atoms with van der Waals surface area (Å²) in [5.74, 6) is -0.770. The van der Waals surface area contributed by atoms with Gasteiger partial charge in [-0.15, -0.1) is 0 Å². The molecule has 1 aromatic heterocycles. The van der Waals surface area contributed by atoms with Crippen LogP contribution >= 0.6 is 0 Å². The van der Waals surface area contributed by atoms with Crippen LogP contribution in [0.2, 0.25) is 0 Å². The van der Waals surface area contributed by atoms with Crippen LogP contribution in [-0.4, -0.2) is 68.8 Å². The van der Waals surface area contributed by atoms with E-state index in [0.717, 1.165) is 49.2 Å². The second kappa shape index (κ2) is 13.7. The van der Waals surface area contributed by atoms with Crippen molar-refractivity contribution >= 4 is 17.9 Å². The summed E-state index contributed by atoms with van der Waals surface area (Å²) >= 11 is 0. The van der Waals surface area contributed by atoms with Crippen molar-refractivity contribution in [3.63, 3.8) is 0 Å². The van der Waals surface area contributed by atoms with Gasteiger partial charge in [0.05, 0.1) is 24.5 Å². The molecule has 2 amide bonds. The molecule has 1 aromatic carbocycles. The Kier molecular flexibility index (Phi) is 10.0. The topological polar surface area (TPSA) is 114 Å². The van der Waals surface area contributed by atoms with E-state index in [0.29, 0.717) is 30.8 Å². The third-order valence-electron chi connectivity index (χ3n) is 9.62. The van der Waals surface area contributed by atoms with Gasteiger partial charge in [-0.3, -0.25) is 19.4 Å². The van der Waals surface area contributed by atoms with Crippen LogP contribution in [0.1, 0.15) is 70.0 Å². The zero-order valence-electron chi connectivity index (χ0n) is 25.6. The number of allylic oxidation sites excluding steroid dienone is 2. The van der Waals surface area contributed by atoms with Crippen LogP contribution in [0.4, 0.5) is 0 Å². The number of aliphatic hydroxyl groups is 3. The summed E-state index contributed by atoms with van der Waals surface area (Å²) in [6.45, 7) is 8.14. The van der Waals surface area contributed by atoms with Gasteiger partial charge in [-0.2, -0.15) is 0 Å². The summed E-state index contributed by atoms with van der Waals surface area (Å²) in [6.07, 6.45) is 4.03. The Labute approximate surface area is 254 Å². The molecule has 5 rings (SSSR count). The summed E-state index contributed by atoms with van der Waals surface area (Å²) < 4.78 is 5.56. The van der Waals surface area contributed by atoms with Crippen LogP contribution in [0.15, 0.2) is 63.6 Å². The van der Waals surface area contributed by atoms with Crippen LogP contribution in [0.3, 0.4) is 0 Å². The van der Waals surface area contributed by atoms with E-state index >= 15 is 0 Å². The third-order valence-corrected chi connectivity index (χ3v) is 9.62. The first-order valence-corrected chi connectivity index (χ1v) is 15.7. The summed E-state index contributed by atoms with van der Waals surface area (Å²) in [7, 11) is 0. The lowest BCUT2D eigenvalue weighted by Crippen LogP contribution is -2.47. The van der Waals surface area contributed by atoms with Crippen molar-refractivity contribution < 1.29 is 29.3 Å². The molecule has 3 N–H and O–H groups in total. The molecular formula is C35H46N2O6. The number of hydrogen-bond donors (Lipinski definition) is 3. The Morgan fingerprint density at radius 1 is 1.05 bits per heavy atom. The smallest absolute Gasteiger partial charge is 0.234 e. The van der Waals surface area contributed by atoms with Crippen LogP contribution in [0.5, 0.6) is 0 Å². The quantitative estimate of drug-likeness (QED) is 0.260. The van der Waals surface area contributed by atoms with Crippen molar-refractivity contribution in [2.45, 2.75) is 78.2 Å². The lowest BCUT2D eigenvalue weighted by atomic mass is 9.66. The van der Waals surface area contributed by atoms with E-state index in [1.165, 1.54) is 10.5 Å². The standard InChI is InChI=1S/C35H46N2O6/c1-22(2)28-18-29-33(30(21-39)32(28)31(40)12-9-23(3)17-26-10-11-27(20-38)43-26)35(42)37(34(29)41)25-13-15-36(16-14-25)19-24-7-5-4-6-8-24/h4-8,10-11,17,22,25,29-31,33,38-40H,9,12-16,18-21H2,1-3H3/b23-17+/t29-,30+,31-,33-/m1/s1. The first-order valence-electron chi connectivity index (χ1n) is 15.7. The number of benzene rings is 1. The van der Waals surface area contributed by atoms with E-state index in [2.05, 4.69) is 30.9 Å². The Bertz CT molecular complexity index is 1340. The first-order chi connectivity index (χ1) is 20.7. The van der Waals surface area contributed by atoms with Gasteiger partial charge in [0.2, 0.25) is 11.8 Å². The van der Waals surface area contributed by atoms with Crippen molar-refractivity contribution in [2.75, 3.05) is 19.7 Å². The molecular weight excluding hydrogens is 544 g/mol. The lowest BCUT2D eigenvalue weighted by molar-refractivity contribution is -0.144. The largest absolute Gasteiger partial charge is 0.459 e. The van der Waals surface area contributed by atoms with Gasteiger partial charge < -0.3 is 19.7 Å². The zero-order chi connectivity index (χ0) is 30.7. The minimum absolute atomic E-state index is 0.0782. The van der Waals surface area contributed by atoms with Crippen LogP contribution in [-0.2, 0) is 22.7 Å². The number of furan rings is 1. The highest BCUT2D eigenvalue weighted by molar-refractivity contribution is 6.06. The van der Waals surface area contributed by atoms with E-state index in [9.17, 15) is 24.9 Å². The average Bonchev–Trinajstić information content (AvgIpc) is 3.56. The summed E-state index contributed by atoms with van der Waals surface area (Å²) in [5, 5.41) is 31.4. The lowest BCUT2D eigenvalue weighted by Gasteiger charge is -2.38. The van der Waals surface area contributed by atoms with Gasteiger partial charge in [-0.25, -0.2) is 0 Å². The fraction of sp³-hybridized carbons (Fsp3) is 0.543. The number of carbonyl (C=O) groups is 2. The van der Waals surface area contributed by atoms with Gasteiger partial charge >= 0.3 is 0 Å². The number of fused-ring (bicyclic) bond motifs is 1. The number of carbonyl (C=O) groups excluding carboxylic acids is 2. The summed E-state index contributed by atoms with van der Waals surface area (Å²) in [6, 6.07) is 13.7. The molecule has 8 heteroatoms. The first kappa shape index (κ1) is 31.4. The predicted molar refractivity (Wildman–Crippen MR) is 164 cm³/mol. The summed E-state index contributed by atoms with van der Waals surface area (Å²) in [5.41, 5.74) is 4.00. The molecule has 232 valence electrons. The SMILES string of the molecule is C/C(=C\c1ccc(CO)o1)CC[C@@H](O)C1=C(C(C)C)C[C@H]2C(=O)N(C3CCN(Cc4ccccc4)CC3)C(=O)[C@H]2[C@H]1CO. The number of aliphatic hydroxyl groups excluding tert-OH is 3. The number of amides is 2. The highest BCUT2D eigenvalue weighted by atomic mass is 16.4. The molecule has 2 aliphatic heterocycles. The fourth-order valence-electron chi connectivity index (χ4n) is 7.40. The highest BCUT2D eigenvalue weighted by Crippen LogP contribution is 2.49. The second-order valence-electron chi connectivity index (χ2n) is 12.8. The van der Waals surface area contributed by atoms with E-state index in [-0.39, 0.29) is 37.0 Å².